The van der Waals surface area contributed by atoms with E-state index < -0.39 is 39.8 Å². The number of hydrogen-bond donors (Lipinski definition) is 1. The number of oxazole rings is 1. The molecule has 0 spiro atoms. The molecule has 2 N–H and O–H groups in total. The molecule has 6 nitrogen and oxygen atoms in total. The predicted octanol–water partition coefficient (Wildman–Crippen LogP) is 3.91. The molecule has 11 heteroatoms. The third kappa shape index (κ3) is 4.26. The number of hydrogen-bond acceptors (Lipinski definition) is 5. The molecule has 3 rings (SSSR count). The summed E-state index contributed by atoms with van der Waals surface area (Å²) in [4.78, 5) is 3.24. The molecule has 0 aliphatic heterocycles. The Labute approximate surface area is 163 Å². The van der Waals surface area contributed by atoms with Gasteiger partial charge < -0.3 is 9.15 Å². The second-order valence-corrected chi connectivity index (χ2v) is 7.98. The summed E-state index contributed by atoms with van der Waals surface area (Å²) in [6.07, 6.45) is -2.94. The lowest BCUT2D eigenvalue weighted by Crippen LogP contribution is -2.20. The molecule has 2 aromatic rings. The fourth-order valence-corrected chi connectivity index (χ4v) is 3.43. The number of primary sulfonamides is 1. The van der Waals surface area contributed by atoms with E-state index in [1.54, 1.807) is 6.92 Å². The Hall–Kier alpha value is -2.50. The minimum atomic E-state index is -4.90. The van der Waals surface area contributed by atoms with Gasteiger partial charge in [-0.05, 0) is 18.2 Å². The van der Waals surface area contributed by atoms with Gasteiger partial charge in [-0.3, -0.25) is 0 Å². The van der Waals surface area contributed by atoms with E-state index in [1.807, 2.05) is 0 Å². The Morgan fingerprint density at radius 3 is 2.31 bits per heavy atom. The molecule has 156 valence electrons. The first-order valence-corrected chi connectivity index (χ1v) is 9.80. The van der Waals surface area contributed by atoms with Gasteiger partial charge in [-0.25, -0.2) is 22.9 Å². The number of halogens is 4. The Balaban J connectivity index is 2.16. The van der Waals surface area contributed by atoms with E-state index in [-0.39, 0.29) is 27.6 Å². The van der Waals surface area contributed by atoms with Gasteiger partial charge in [0.1, 0.15) is 11.5 Å². The standard InChI is InChI=1S/C18H16F4N2O4S/c1-9-7-12(13(19)8-14(9)27-2)16-15(24-17(28-16)18(20,21)22)10-3-5-11(6-4-10)29(23,25)26/h3-9,14H,1-2H3,(H2,23,25,26). The third-order valence-corrected chi connectivity index (χ3v) is 5.29. The van der Waals surface area contributed by atoms with Crippen LogP contribution in [0, 0.1) is 5.92 Å². The van der Waals surface area contributed by atoms with Crippen molar-refractivity contribution in [2.45, 2.75) is 24.1 Å². The molecular weight excluding hydrogens is 416 g/mol. The van der Waals surface area contributed by atoms with Gasteiger partial charge >= 0.3 is 12.1 Å². The van der Waals surface area contributed by atoms with Gasteiger partial charge in [0.2, 0.25) is 10.0 Å². The van der Waals surface area contributed by atoms with E-state index in [9.17, 15) is 26.0 Å². The number of rotatable bonds is 4. The number of nitrogens with zero attached hydrogens (tertiary/aromatic N) is 1. The van der Waals surface area contributed by atoms with E-state index in [0.717, 1.165) is 18.2 Å². The van der Waals surface area contributed by atoms with Crippen molar-refractivity contribution in [1.82, 2.24) is 4.98 Å². The highest BCUT2D eigenvalue weighted by molar-refractivity contribution is 7.89. The van der Waals surface area contributed by atoms with Crippen molar-refractivity contribution >= 4 is 15.6 Å². The van der Waals surface area contributed by atoms with E-state index in [1.165, 1.54) is 25.3 Å². The van der Waals surface area contributed by atoms with Crippen LogP contribution < -0.4 is 5.14 Å². The fourth-order valence-electron chi connectivity index (χ4n) is 2.91. The molecule has 1 heterocycles. The minimum absolute atomic E-state index is 0.0990. The molecule has 1 aliphatic carbocycles. The summed E-state index contributed by atoms with van der Waals surface area (Å²) in [6, 6.07) is 4.66. The number of alkyl halides is 3. The topological polar surface area (TPSA) is 95.4 Å². The van der Waals surface area contributed by atoms with Crippen LogP contribution in [0.1, 0.15) is 18.6 Å². The Morgan fingerprint density at radius 1 is 1.17 bits per heavy atom. The summed E-state index contributed by atoms with van der Waals surface area (Å²) >= 11 is 0. The van der Waals surface area contributed by atoms with Crippen molar-refractivity contribution in [2.24, 2.45) is 11.1 Å². The van der Waals surface area contributed by atoms with Crippen LogP contribution in [0.15, 0.2) is 51.6 Å². The van der Waals surface area contributed by atoms with Gasteiger partial charge in [0.05, 0.1) is 16.6 Å². The van der Waals surface area contributed by atoms with Crippen LogP contribution in [-0.4, -0.2) is 26.6 Å². The number of methoxy groups -OCH3 is 1. The molecule has 0 saturated heterocycles. The van der Waals surface area contributed by atoms with E-state index >= 15 is 0 Å². The zero-order valence-corrected chi connectivity index (χ0v) is 16.0. The average Bonchev–Trinajstić information content (AvgIpc) is 3.08. The van der Waals surface area contributed by atoms with E-state index in [2.05, 4.69) is 4.98 Å². The molecule has 2 unspecified atom stereocenters. The summed E-state index contributed by atoms with van der Waals surface area (Å²) in [5.41, 5.74) is -0.377. The summed E-state index contributed by atoms with van der Waals surface area (Å²) in [6.45, 7) is 1.71. The highest BCUT2D eigenvalue weighted by atomic mass is 32.2. The Bertz CT molecular complexity index is 1090. The first-order chi connectivity index (χ1) is 13.4. The average molecular weight is 432 g/mol. The molecule has 0 radical (unpaired) electrons. The van der Waals surface area contributed by atoms with Crippen molar-refractivity contribution in [2.75, 3.05) is 7.11 Å². The summed E-state index contributed by atoms with van der Waals surface area (Å²) in [5, 5.41) is 5.02. The van der Waals surface area contributed by atoms with Gasteiger partial charge in [0, 0.05) is 18.6 Å². The van der Waals surface area contributed by atoms with Crippen LogP contribution in [0.2, 0.25) is 0 Å². The van der Waals surface area contributed by atoms with Crippen LogP contribution in [0.4, 0.5) is 17.6 Å². The monoisotopic (exact) mass is 432 g/mol. The van der Waals surface area contributed by atoms with Crippen molar-refractivity contribution in [3.8, 4) is 11.3 Å². The number of benzene rings is 1. The van der Waals surface area contributed by atoms with Crippen molar-refractivity contribution < 1.29 is 35.1 Å². The maximum absolute atomic E-state index is 14.6. The van der Waals surface area contributed by atoms with E-state index in [4.69, 9.17) is 14.3 Å². The largest absolute Gasteiger partial charge is 0.468 e. The fraction of sp³-hybridized carbons (Fsp3) is 0.278. The van der Waals surface area contributed by atoms with Crippen molar-refractivity contribution in [1.29, 1.82) is 0 Å². The molecule has 1 aliphatic rings. The molecule has 2 atom stereocenters. The second kappa shape index (κ2) is 7.39. The zero-order chi connectivity index (χ0) is 21.6. The highest BCUT2D eigenvalue weighted by Gasteiger charge is 2.40. The van der Waals surface area contributed by atoms with Crippen LogP contribution in [-0.2, 0) is 20.9 Å². The molecule has 1 aromatic heterocycles. The summed E-state index contributed by atoms with van der Waals surface area (Å²) < 4.78 is 86.9. The molecule has 0 bridgehead atoms. The Morgan fingerprint density at radius 2 is 1.79 bits per heavy atom. The van der Waals surface area contributed by atoms with Crippen LogP contribution in [0.5, 0.6) is 0 Å². The quantitative estimate of drug-likeness (QED) is 0.740. The number of sulfonamides is 1. The highest BCUT2D eigenvalue weighted by Crippen LogP contribution is 2.41. The molecule has 0 fully saturated rings. The normalized spacial score (nSPS) is 20.4. The summed E-state index contributed by atoms with van der Waals surface area (Å²) in [5.74, 6) is -3.13. The maximum Gasteiger partial charge on any atom is 0.468 e. The van der Waals surface area contributed by atoms with Crippen LogP contribution >= 0.6 is 0 Å². The van der Waals surface area contributed by atoms with Gasteiger partial charge in [-0.15, -0.1) is 0 Å². The van der Waals surface area contributed by atoms with Crippen molar-refractivity contribution in [3.05, 3.63) is 53.9 Å². The molecular formula is C18H16F4N2O4S. The zero-order valence-electron chi connectivity index (χ0n) is 15.2. The van der Waals surface area contributed by atoms with Crippen molar-refractivity contribution in [3.63, 3.8) is 0 Å². The molecule has 29 heavy (non-hydrogen) atoms. The van der Waals surface area contributed by atoms with Crippen LogP contribution in [0.25, 0.3) is 16.8 Å². The first kappa shape index (κ1) is 21.2. The number of aromatic nitrogens is 1. The summed E-state index contributed by atoms with van der Waals surface area (Å²) in [7, 11) is -2.61. The number of allylic oxidation sites excluding steroid dienone is 2. The minimum Gasteiger partial charge on any atom is -0.432 e. The lowest BCUT2D eigenvalue weighted by molar-refractivity contribution is -0.157. The molecule has 0 amide bonds. The van der Waals surface area contributed by atoms with Gasteiger partial charge in [0.15, 0.2) is 5.76 Å². The maximum atomic E-state index is 14.6. The lowest BCUT2D eigenvalue weighted by atomic mass is 9.92. The van der Waals surface area contributed by atoms with Gasteiger partial charge in [-0.2, -0.15) is 13.2 Å². The number of nitrogens with two attached hydrogens (primary N) is 1. The molecule has 0 saturated carbocycles. The number of ether oxygens (including phenoxy) is 1. The van der Waals surface area contributed by atoms with Gasteiger partial charge in [-0.1, -0.05) is 25.1 Å². The third-order valence-electron chi connectivity index (χ3n) is 4.36. The SMILES string of the molecule is COC1C=C(F)C(c2oc(C(F)(F)F)nc2-c2ccc(S(N)(=O)=O)cc2)=CC1C. The Kier molecular flexibility index (Phi) is 5.41. The smallest absolute Gasteiger partial charge is 0.432 e. The van der Waals surface area contributed by atoms with E-state index in [0.29, 0.717) is 0 Å². The first-order valence-electron chi connectivity index (χ1n) is 8.25. The van der Waals surface area contributed by atoms with Crippen LogP contribution in [0.3, 0.4) is 0 Å². The lowest BCUT2D eigenvalue weighted by Gasteiger charge is -2.22. The van der Waals surface area contributed by atoms with Gasteiger partial charge in [0.25, 0.3) is 0 Å². The molecule has 1 aromatic carbocycles. The predicted molar refractivity (Wildman–Crippen MR) is 95.4 cm³/mol. The second-order valence-electron chi connectivity index (χ2n) is 6.42.